The maximum Gasteiger partial charge on any atom is 0.169 e. The second-order valence-electron chi connectivity index (χ2n) is 3.73. The molecule has 1 aromatic rings. The summed E-state index contributed by atoms with van der Waals surface area (Å²) in [4.78, 5) is 11.8. The van der Waals surface area contributed by atoms with Crippen LogP contribution in [0, 0.1) is 13.8 Å². The molecule has 0 saturated heterocycles. The van der Waals surface area contributed by atoms with Gasteiger partial charge in [0.1, 0.15) is 0 Å². The number of nitrogens with two attached hydrogens (primary N) is 1. The van der Waals surface area contributed by atoms with Crippen molar-refractivity contribution in [2.45, 2.75) is 20.3 Å². The van der Waals surface area contributed by atoms with Gasteiger partial charge in [0, 0.05) is 6.42 Å². The van der Waals surface area contributed by atoms with Gasteiger partial charge in [0.05, 0.1) is 12.7 Å². The minimum Gasteiger partial charge on any atom is -0.504 e. The second kappa shape index (κ2) is 4.99. The van der Waals surface area contributed by atoms with Crippen LogP contribution in [0.4, 0.5) is 0 Å². The number of benzene rings is 1. The van der Waals surface area contributed by atoms with E-state index in [1.807, 2.05) is 13.0 Å². The Morgan fingerprint density at radius 2 is 2.06 bits per heavy atom. The Balaban J connectivity index is 3.33. The topological polar surface area (TPSA) is 72.5 Å². The van der Waals surface area contributed by atoms with Gasteiger partial charge in [-0.15, -0.1) is 0 Å². The number of phenolic OH excluding ortho intramolecular Hbond substituents is 1. The molecule has 0 unspecified atom stereocenters. The SMILES string of the molecule is COc1c(C)cc(C)c(C(=O)CCN)c1O. The van der Waals surface area contributed by atoms with Gasteiger partial charge in [0.15, 0.2) is 17.3 Å². The van der Waals surface area contributed by atoms with Crippen LogP contribution >= 0.6 is 0 Å². The minimum absolute atomic E-state index is 0.0848. The van der Waals surface area contributed by atoms with Crippen molar-refractivity contribution in [3.8, 4) is 11.5 Å². The maximum absolute atomic E-state index is 11.8. The Morgan fingerprint density at radius 1 is 1.44 bits per heavy atom. The van der Waals surface area contributed by atoms with E-state index < -0.39 is 0 Å². The Kier molecular flexibility index (Phi) is 3.90. The number of phenols is 1. The summed E-state index contributed by atoms with van der Waals surface area (Å²) in [5.41, 5.74) is 7.20. The van der Waals surface area contributed by atoms with Crippen molar-refractivity contribution in [2.24, 2.45) is 5.73 Å². The smallest absolute Gasteiger partial charge is 0.169 e. The number of hydrogen-bond acceptors (Lipinski definition) is 4. The lowest BCUT2D eigenvalue weighted by Gasteiger charge is -2.13. The lowest BCUT2D eigenvalue weighted by molar-refractivity contribution is 0.0981. The highest BCUT2D eigenvalue weighted by atomic mass is 16.5. The molecule has 0 aliphatic carbocycles. The van der Waals surface area contributed by atoms with Crippen LogP contribution in [-0.2, 0) is 0 Å². The molecule has 4 heteroatoms. The van der Waals surface area contributed by atoms with Gasteiger partial charge in [0.2, 0.25) is 0 Å². The van der Waals surface area contributed by atoms with E-state index >= 15 is 0 Å². The summed E-state index contributed by atoms with van der Waals surface area (Å²) in [7, 11) is 1.47. The zero-order valence-corrected chi connectivity index (χ0v) is 9.83. The van der Waals surface area contributed by atoms with E-state index in [1.54, 1.807) is 6.92 Å². The molecule has 0 aliphatic heterocycles. The van der Waals surface area contributed by atoms with E-state index in [9.17, 15) is 9.90 Å². The summed E-state index contributed by atoms with van der Waals surface area (Å²) in [6.07, 6.45) is 0.223. The van der Waals surface area contributed by atoms with Crippen LogP contribution in [0.1, 0.15) is 27.9 Å². The van der Waals surface area contributed by atoms with Gasteiger partial charge in [-0.05, 0) is 31.5 Å². The van der Waals surface area contributed by atoms with Crippen molar-refractivity contribution < 1.29 is 14.6 Å². The fourth-order valence-corrected chi connectivity index (χ4v) is 1.82. The Morgan fingerprint density at radius 3 is 2.56 bits per heavy atom. The third-order valence-corrected chi connectivity index (χ3v) is 2.49. The van der Waals surface area contributed by atoms with Crippen LogP contribution in [0.2, 0.25) is 0 Å². The highest BCUT2D eigenvalue weighted by Crippen LogP contribution is 2.36. The normalized spacial score (nSPS) is 10.2. The molecule has 0 aromatic heterocycles. The fraction of sp³-hybridized carbons (Fsp3) is 0.417. The monoisotopic (exact) mass is 223 g/mol. The molecular formula is C12H17NO3. The summed E-state index contributed by atoms with van der Waals surface area (Å²) in [6, 6.07) is 1.82. The number of methoxy groups -OCH3 is 1. The van der Waals surface area contributed by atoms with E-state index in [4.69, 9.17) is 10.5 Å². The largest absolute Gasteiger partial charge is 0.504 e. The number of carbonyl (C=O) groups is 1. The fourth-order valence-electron chi connectivity index (χ4n) is 1.82. The molecule has 0 amide bonds. The van der Waals surface area contributed by atoms with Crippen molar-refractivity contribution in [1.29, 1.82) is 0 Å². The van der Waals surface area contributed by atoms with Crippen molar-refractivity contribution >= 4 is 5.78 Å². The van der Waals surface area contributed by atoms with Gasteiger partial charge in [-0.2, -0.15) is 0 Å². The van der Waals surface area contributed by atoms with E-state index in [0.29, 0.717) is 11.3 Å². The van der Waals surface area contributed by atoms with Crippen molar-refractivity contribution in [3.63, 3.8) is 0 Å². The molecule has 1 aromatic carbocycles. The number of aromatic hydroxyl groups is 1. The first-order valence-electron chi connectivity index (χ1n) is 5.13. The van der Waals surface area contributed by atoms with Gasteiger partial charge in [-0.25, -0.2) is 0 Å². The molecular weight excluding hydrogens is 206 g/mol. The van der Waals surface area contributed by atoms with Gasteiger partial charge in [-0.1, -0.05) is 6.07 Å². The Bertz CT molecular complexity index is 413. The number of ether oxygens (including phenoxy) is 1. The van der Waals surface area contributed by atoms with E-state index in [2.05, 4.69) is 0 Å². The van der Waals surface area contributed by atoms with Crippen LogP contribution in [-0.4, -0.2) is 24.5 Å². The molecule has 0 fully saturated rings. The summed E-state index contributed by atoms with van der Waals surface area (Å²) in [6.45, 7) is 3.88. The average Bonchev–Trinajstić information content (AvgIpc) is 2.17. The van der Waals surface area contributed by atoms with Crippen LogP contribution in [0.15, 0.2) is 6.07 Å². The first-order valence-corrected chi connectivity index (χ1v) is 5.13. The van der Waals surface area contributed by atoms with Crippen LogP contribution in [0.3, 0.4) is 0 Å². The lowest BCUT2D eigenvalue weighted by Crippen LogP contribution is -2.10. The van der Waals surface area contributed by atoms with Gasteiger partial charge >= 0.3 is 0 Å². The molecule has 4 nitrogen and oxygen atoms in total. The van der Waals surface area contributed by atoms with Crippen LogP contribution < -0.4 is 10.5 Å². The average molecular weight is 223 g/mol. The third-order valence-electron chi connectivity index (χ3n) is 2.49. The number of ketones is 1. The third kappa shape index (κ3) is 2.17. The lowest BCUT2D eigenvalue weighted by atomic mass is 9.98. The van der Waals surface area contributed by atoms with E-state index in [-0.39, 0.29) is 24.5 Å². The van der Waals surface area contributed by atoms with Crippen molar-refractivity contribution in [2.75, 3.05) is 13.7 Å². The highest BCUT2D eigenvalue weighted by Gasteiger charge is 2.19. The first kappa shape index (κ1) is 12.5. The van der Waals surface area contributed by atoms with Crippen molar-refractivity contribution in [1.82, 2.24) is 0 Å². The van der Waals surface area contributed by atoms with Crippen molar-refractivity contribution in [3.05, 3.63) is 22.8 Å². The Labute approximate surface area is 95.0 Å². The standard InChI is InChI=1S/C12H17NO3/c1-7-6-8(2)12(16-3)11(15)10(7)9(14)4-5-13/h6,15H,4-5,13H2,1-3H3. The quantitative estimate of drug-likeness (QED) is 0.759. The van der Waals surface area contributed by atoms with E-state index in [0.717, 1.165) is 11.1 Å². The molecule has 3 N–H and O–H groups in total. The van der Waals surface area contributed by atoms with Gasteiger partial charge < -0.3 is 15.6 Å². The number of carbonyl (C=O) groups excluding carboxylic acids is 1. The molecule has 0 heterocycles. The molecule has 88 valence electrons. The molecule has 0 saturated carbocycles. The summed E-state index contributed by atoms with van der Waals surface area (Å²) < 4.78 is 5.07. The number of rotatable bonds is 4. The first-order chi connectivity index (χ1) is 7.52. The zero-order valence-electron chi connectivity index (χ0n) is 9.83. The maximum atomic E-state index is 11.8. The summed E-state index contributed by atoms with van der Waals surface area (Å²) >= 11 is 0. The molecule has 0 atom stereocenters. The van der Waals surface area contributed by atoms with Gasteiger partial charge in [-0.3, -0.25) is 4.79 Å². The molecule has 0 bridgehead atoms. The summed E-state index contributed by atoms with van der Waals surface area (Å²) in [5, 5.41) is 9.96. The minimum atomic E-state index is -0.157. The highest BCUT2D eigenvalue weighted by molar-refractivity contribution is 6.01. The number of Topliss-reactive ketones (excluding diaryl/α,β-unsaturated/α-hetero) is 1. The Hall–Kier alpha value is -1.55. The zero-order chi connectivity index (χ0) is 12.3. The number of aryl methyl sites for hydroxylation is 2. The van der Waals surface area contributed by atoms with Crippen LogP contribution in [0.25, 0.3) is 0 Å². The van der Waals surface area contributed by atoms with Crippen LogP contribution in [0.5, 0.6) is 11.5 Å². The van der Waals surface area contributed by atoms with E-state index in [1.165, 1.54) is 7.11 Å². The molecule has 0 radical (unpaired) electrons. The molecule has 16 heavy (non-hydrogen) atoms. The predicted octanol–water partition coefficient (Wildman–Crippen LogP) is 1.55. The predicted molar refractivity (Wildman–Crippen MR) is 62.1 cm³/mol. The second-order valence-corrected chi connectivity index (χ2v) is 3.73. The molecule has 0 aliphatic rings. The molecule has 1 rings (SSSR count). The van der Waals surface area contributed by atoms with Gasteiger partial charge in [0.25, 0.3) is 0 Å². The number of hydrogen-bond donors (Lipinski definition) is 2. The summed E-state index contributed by atoms with van der Waals surface area (Å²) in [5.74, 6) is 0.111. The molecule has 0 spiro atoms.